The normalized spacial score (nSPS) is 15.7. The molecule has 0 amide bonds. The third kappa shape index (κ3) is 3.37. The molecule has 0 radical (unpaired) electrons. The maximum absolute atomic E-state index is 12.1. The molecule has 3 aromatic rings. The molecule has 0 spiro atoms. The third-order valence-electron chi connectivity index (χ3n) is 5.54. The number of aromatic nitrogens is 5. The van der Waals surface area contributed by atoms with Crippen LogP contribution in [0.3, 0.4) is 0 Å². The first kappa shape index (κ1) is 19.1. The first-order chi connectivity index (χ1) is 13.8. The highest BCUT2D eigenvalue weighted by Gasteiger charge is 2.39. The molecular formula is C21H24N6O2. The molecule has 1 aliphatic rings. The molecule has 0 bridgehead atoms. The van der Waals surface area contributed by atoms with E-state index in [4.69, 9.17) is 4.74 Å². The van der Waals surface area contributed by atoms with Gasteiger partial charge in [0.05, 0.1) is 35.3 Å². The molecule has 8 heteroatoms. The molecule has 0 aliphatic heterocycles. The minimum absolute atomic E-state index is 0.0978. The Balaban J connectivity index is 1.62. The average Bonchev–Trinajstić information content (AvgIpc) is 3.29. The van der Waals surface area contributed by atoms with Crippen LogP contribution in [0.2, 0.25) is 0 Å². The van der Waals surface area contributed by atoms with Crippen LogP contribution in [0, 0.1) is 16.7 Å². The zero-order valence-electron chi connectivity index (χ0n) is 16.9. The lowest BCUT2D eigenvalue weighted by atomic mass is 9.75. The van der Waals surface area contributed by atoms with E-state index in [1.165, 1.54) is 6.33 Å². The molecule has 29 heavy (non-hydrogen) atoms. The molecule has 1 aliphatic carbocycles. The molecular weight excluding hydrogens is 368 g/mol. The second-order valence-electron chi connectivity index (χ2n) is 8.64. The number of ether oxygens (including phenoxy) is 1. The van der Waals surface area contributed by atoms with Gasteiger partial charge in [-0.1, -0.05) is 0 Å². The largest absolute Gasteiger partial charge is 0.443 e. The van der Waals surface area contributed by atoms with Crippen LogP contribution < -0.4 is 0 Å². The number of rotatable bonds is 5. The van der Waals surface area contributed by atoms with Gasteiger partial charge in [-0.05, 0) is 46.1 Å². The highest BCUT2D eigenvalue weighted by Crippen LogP contribution is 2.42. The smallest absolute Gasteiger partial charge is 0.312 e. The third-order valence-corrected chi connectivity index (χ3v) is 5.54. The Morgan fingerprint density at radius 3 is 2.79 bits per heavy atom. The van der Waals surface area contributed by atoms with Crippen LogP contribution in [0.15, 0.2) is 31.0 Å². The summed E-state index contributed by atoms with van der Waals surface area (Å²) in [7, 11) is 0. The van der Waals surface area contributed by atoms with E-state index in [2.05, 4.69) is 21.1 Å². The molecule has 3 aromatic heterocycles. The van der Waals surface area contributed by atoms with Crippen molar-refractivity contribution in [2.24, 2.45) is 5.41 Å². The lowest BCUT2D eigenvalue weighted by Gasteiger charge is -2.40. The number of fused-ring (bicyclic) bond motifs is 1. The quantitative estimate of drug-likeness (QED) is 0.615. The van der Waals surface area contributed by atoms with Gasteiger partial charge in [0, 0.05) is 23.3 Å². The Bertz CT molecular complexity index is 1090. The molecule has 150 valence electrons. The maximum atomic E-state index is 12.1. The summed E-state index contributed by atoms with van der Waals surface area (Å²) in [5, 5.41) is 14.6. The van der Waals surface area contributed by atoms with E-state index in [0.717, 1.165) is 35.9 Å². The summed E-state index contributed by atoms with van der Waals surface area (Å²) in [6.45, 7) is 5.56. The van der Waals surface area contributed by atoms with Crippen LogP contribution in [0.4, 0.5) is 0 Å². The summed E-state index contributed by atoms with van der Waals surface area (Å²) >= 11 is 0. The summed E-state index contributed by atoms with van der Waals surface area (Å²) < 4.78 is 9.13. The maximum Gasteiger partial charge on any atom is 0.312 e. The zero-order valence-corrected chi connectivity index (χ0v) is 16.9. The molecule has 0 saturated heterocycles. The molecule has 1 saturated carbocycles. The number of hydrogen-bond acceptors (Lipinski definition) is 6. The Kier molecular flexibility index (Phi) is 4.61. The predicted molar refractivity (Wildman–Crippen MR) is 106 cm³/mol. The summed E-state index contributed by atoms with van der Waals surface area (Å²) in [4.78, 5) is 20.9. The standard InChI is InChI=1S/C21H24N6O2/c1-20(2,3)19(28)29-14-26-10-5-16-17(23-13-24-18(16)26)15-11-25-27(12-15)21(8-9-22)6-4-7-21/h5,10-13H,4,6-8,14H2,1-3H3. The summed E-state index contributed by atoms with van der Waals surface area (Å²) in [5.41, 5.74) is 1.60. The molecule has 0 atom stereocenters. The van der Waals surface area contributed by atoms with Crippen molar-refractivity contribution >= 4 is 17.0 Å². The zero-order chi connectivity index (χ0) is 20.6. The van der Waals surface area contributed by atoms with E-state index >= 15 is 0 Å². The highest BCUT2D eigenvalue weighted by atomic mass is 16.5. The summed E-state index contributed by atoms with van der Waals surface area (Å²) in [6, 6.07) is 4.21. The van der Waals surface area contributed by atoms with Crippen LogP contribution in [0.25, 0.3) is 22.3 Å². The van der Waals surface area contributed by atoms with Gasteiger partial charge in [0.15, 0.2) is 6.73 Å². The van der Waals surface area contributed by atoms with Crippen molar-refractivity contribution in [3.63, 3.8) is 0 Å². The molecule has 0 unspecified atom stereocenters. The number of nitriles is 1. The van der Waals surface area contributed by atoms with Crippen molar-refractivity contribution in [3.8, 4) is 17.3 Å². The Hall–Kier alpha value is -3.21. The molecule has 0 aromatic carbocycles. The van der Waals surface area contributed by atoms with Crippen molar-refractivity contribution in [1.82, 2.24) is 24.3 Å². The van der Waals surface area contributed by atoms with Crippen molar-refractivity contribution < 1.29 is 9.53 Å². The Morgan fingerprint density at radius 2 is 2.14 bits per heavy atom. The van der Waals surface area contributed by atoms with Crippen LogP contribution in [-0.2, 0) is 21.8 Å². The van der Waals surface area contributed by atoms with Gasteiger partial charge in [0.1, 0.15) is 12.0 Å². The van der Waals surface area contributed by atoms with Gasteiger partial charge in [-0.2, -0.15) is 10.4 Å². The van der Waals surface area contributed by atoms with Gasteiger partial charge >= 0.3 is 5.97 Å². The van der Waals surface area contributed by atoms with Crippen LogP contribution in [0.5, 0.6) is 0 Å². The van der Waals surface area contributed by atoms with E-state index in [-0.39, 0.29) is 18.2 Å². The molecule has 1 fully saturated rings. The van der Waals surface area contributed by atoms with Crippen molar-refractivity contribution in [3.05, 3.63) is 31.0 Å². The Morgan fingerprint density at radius 1 is 1.34 bits per heavy atom. The predicted octanol–water partition coefficient (Wildman–Crippen LogP) is 3.63. The topological polar surface area (TPSA) is 98.6 Å². The van der Waals surface area contributed by atoms with Gasteiger partial charge < -0.3 is 4.74 Å². The van der Waals surface area contributed by atoms with E-state index in [0.29, 0.717) is 12.1 Å². The fourth-order valence-corrected chi connectivity index (χ4v) is 3.61. The van der Waals surface area contributed by atoms with Crippen molar-refractivity contribution in [2.75, 3.05) is 0 Å². The fourth-order valence-electron chi connectivity index (χ4n) is 3.61. The summed E-state index contributed by atoms with van der Waals surface area (Å²) in [6.07, 6.45) is 10.6. The van der Waals surface area contributed by atoms with E-state index in [9.17, 15) is 10.1 Å². The lowest BCUT2D eigenvalue weighted by molar-refractivity contribution is -0.156. The van der Waals surface area contributed by atoms with Crippen LogP contribution >= 0.6 is 0 Å². The molecule has 8 nitrogen and oxygen atoms in total. The van der Waals surface area contributed by atoms with Crippen molar-refractivity contribution in [1.29, 1.82) is 5.26 Å². The summed E-state index contributed by atoms with van der Waals surface area (Å²) in [5.74, 6) is -0.266. The molecule has 3 heterocycles. The average molecular weight is 392 g/mol. The minimum atomic E-state index is -0.557. The highest BCUT2D eigenvalue weighted by molar-refractivity contribution is 5.90. The number of carbonyl (C=O) groups excluding carboxylic acids is 1. The van der Waals surface area contributed by atoms with Gasteiger partial charge in [-0.3, -0.25) is 14.0 Å². The van der Waals surface area contributed by atoms with Gasteiger partial charge in [0.25, 0.3) is 0 Å². The molecule has 4 rings (SSSR count). The number of nitrogens with zero attached hydrogens (tertiary/aromatic N) is 6. The lowest BCUT2D eigenvalue weighted by Crippen LogP contribution is -2.40. The number of carbonyl (C=O) groups is 1. The first-order valence-corrected chi connectivity index (χ1v) is 9.74. The van der Waals surface area contributed by atoms with Crippen LogP contribution in [-0.4, -0.2) is 30.3 Å². The van der Waals surface area contributed by atoms with E-state index in [1.54, 1.807) is 10.8 Å². The monoisotopic (exact) mass is 392 g/mol. The first-order valence-electron chi connectivity index (χ1n) is 9.74. The SMILES string of the molecule is CC(C)(C)C(=O)OCn1ccc2c(-c3cnn(C4(CC#N)CCC4)c3)ncnc21. The van der Waals surface area contributed by atoms with Crippen molar-refractivity contribution in [2.45, 2.75) is 58.7 Å². The van der Waals surface area contributed by atoms with Gasteiger partial charge in [-0.25, -0.2) is 9.97 Å². The second-order valence-corrected chi connectivity index (χ2v) is 8.64. The number of hydrogen-bond donors (Lipinski definition) is 0. The van der Waals surface area contributed by atoms with Gasteiger partial charge in [-0.15, -0.1) is 0 Å². The fraction of sp³-hybridized carbons (Fsp3) is 0.476. The minimum Gasteiger partial charge on any atom is -0.443 e. The van der Waals surface area contributed by atoms with Crippen LogP contribution in [0.1, 0.15) is 46.5 Å². The van der Waals surface area contributed by atoms with E-state index < -0.39 is 5.41 Å². The van der Waals surface area contributed by atoms with Gasteiger partial charge in [0.2, 0.25) is 0 Å². The second kappa shape index (κ2) is 6.99. The molecule has 0 N–H and O–H groups in total. The van der Waals surface area contributed by atoms with E-state index in [1.807, 2.05) is 43.9 Å². The number of esters is 1. The Labute approximate surface area is 169 Å².